The second-order valence-electron chi connectivity index (χ2n) is 12.1. The van der Waals surface area contributed by atoms with E-state index in [9.17, 15) is 4.39 Å². The molecule has 0 amide bonds. The minimum atomic E-state index is -0.697. The van der Waals surface area contributed by atoms with E-state index in [-0.39, 0.29) is 22.2 Å². The Morgan fingerprint density at radius 3 is 1.97 bits per heavy atom. The van der Waals surface area contributed by atoms with Crippen LogP contribution < -0.4 is 0 Å². The first-order chi connectivity index (χ1) is 13.4. The first kappa shape index (κ1) is 21.9. The molecule has 0 N–H and O–H groups in total. The fourth-order valence-corrected chi connectivity index (χ4v) is 5.91. The van der Waals surface area contributed by atoms with Crippen LogP contribution in [0.25, 0.3) is 0 Å². The zero-order valence-corrected chi connectivity index (χ0v) is 19.8. The lowest BCUT2D eigenvalue weighted by atomic mass is 9.81. The fourth-order valence-electron chi connectivity index (χ4n) is 5.91. The van der Waals surface area contributed by atoms with Gasteiger partial charge in [0, 0.05) is 56.9 Å². The lowest BCUT2D eigenvalue weighted by Gasteiger charge is -2.59. The summed E-state index contributed by atoms with van der Waals surface area (Å²) in [6.45, 7) is 21.0. The molecule has 0 saturated carbocycles. The zero-order valence-electron chi connectivity index (χ0n) is 19.8. The van der Waals surface area contributed by atoms with Gasteiger partial charge in [-0.25, -0.2) is 4.39 Å². The first-order valence-corrected chi connectivity index (χ1v) is 11.6. The molecule has 4 fully saturated rings. The van der Waals surface area contributed by atoms with Crippen LogP contribution in [0.5, 0.6) is 0 Å². The maximum absolute atomic E-state index is 14.8. The lowest BCUT2D eigenvalue weighted by molar-refractivity contribution is -0.139. The summed E-state index contributed by atoms with van der Waals surface area (Å²) in [6, 6.07) is 0. The molecule has 0 aliphatic carbocycles. The van der Waals surface area contributed by atoms with E-state index in [2.05, 4.69) is 68.2 Å². The van der Waals surface area contributed by atoms with E-state index in [1.165, 1.54) is 0 Å². The minimum Gasteiger partial charge on any atom is -0.375 e. The van der Waals surface area contributed by atoms with Crippen LogP contribution in [-0.4, -0.2) is 113 Å². The maximum Gasteiger partial charge on any atom is 0.122 e. The smallest absolute Gasteiger partial charge is 0.122 e. The molecular formula is C23H43FN4O. The molecule has 0 radical (unpaired) electrons. The lowest BCUT2D eigenvalue weighted by Crippen LogP contribution is -2.75. The van der Waals surface area contributed by atoms with Gasteiger partial charge in [0.15, 0.2) is 0 Å². The number of likely N-dealkylation sites (tertiary alicyclic amines) is 4. The van der Waals surface area contributed by atoms with Crippen molar-refractivity contribution >= 4 is 0 Å². The molecule has 0 aromatic carbocycles. The highest BCUT2D eigenvalue weighted by atomic mass is 19.1. The average Bonchev–Trinajstić information content (AvgIpc) is 3.00. The highest BCUT2D eigenvalue weighted by Crippen LogP contribution is 2.43. The topological polar surface area (TPSA) is 22.2 Å². The minimum absolute atomic E-state index is 0.125. The van der Waals surface area contributed by atoms with Gasteiger partial charge in [-0.1, -0.05) is 0 Å². The summed E-state index contributed by atoms with van der Waals surface area (Å²) in [5.74, 6) is 0. The van der Waals surface area contributed by atoms with Crippen molar-refractivity contribution in [3.63, 3.8) is 0 Å². The van der Waals surface area contributed by atoms with Crippen molar-refractivity contribution in [2.75, 3.05) is 59.5 Å². The maximum atomic E-state index is 14.8. The summed E-state index contributed by atoms with van der Waals surface area (Å²) in [5.41, 5.74) is 0.262. The third-order valence-corrected chi connectivity index (χ3v) is 8.39. The van der Waals surface area contributed by atoms with Crippen LogP contribution >= 0.6 is 0 Å². The van der Waals surface area contributed by atoms with Crippen molar-refractivity contribution < 1.29 is 9.13 Å². The molecule has 6 heteroatoms. The van der Waals surface area contributed by atoms with E-state index in [4.69, 9.17) is 4.74 Å². The molecule has 0 aromatic heterocycles. The number of alkyl halides is 1. The number of nitrogens with zero attached hydrogens (tertiary/aromatic N) is 4. The van der Waals surface area contributed by atoms with Gasteiger partial charge < -0.3 is 4.74 Å². The van der Waals surface area contributed by atoms with Crippen LogP contribution in [0.2, 0.25) is 0 Å². The van der Waals surface area contributed by atoms with Gasteiger partial charge in [-0.15, -0.1) is 0 Å². The van der Waals surface area contributed by atoms with Crippen molar-refractivity contribution in [1.29, 1.82) is 0 Å². The Morgan fingerprint density at radius 1 is 0.862 bits per heavy atom. The highest BCUT2D eigenvalue weighted by Gasteiger charge is 2.59. The standard InChI is InChI=1S/C23H43FN4O/c1-20(2,3)27-14-22(15-27)18(24)8-11-26(22)12-13-29-19-9-10-25(7)23(19)16-28(17-23)21(4,5)6/h18-19H,8-17H2,1-7H3/t18-,19-/m0/s1. The Balaban J connectivity index is 1.31. The van der Waals surface area contributed by atoms with Crippen molar-refractivity contribution in [3.8, 4) is 0 Å². The van der Waals surface area contributed by atoms with Crippen LogP contribution in [0.3, 0.4) is 0 Å². The predicted octanol–water partition coefficient (Wildman–Crippen LogP) is 2.46. The summed E-state index contributed by atoms with van der Waals surface area (Å²) in [7, 11) is 2.25. The number of halogens is 1. The van der Waals surface area contributed by atoms with E-state index in [0.717, 1.165) is 58.8 Å². The quantitative estimate of drug-likeness (QED) is 0.708. The normalized spacial score (nSPS) is 33.5. The molecule has 4 aliphatic heterocycles. The molecule has 0 unspecified atom stereocenters. The molecule has 4 saturated heterocycles. The van der Waals surface area contributed by atoms with Gasteiger partial charge in [0.25, 0.3) is 0 Å². The predicted molar refractivity (Wildman–Crippen MR) is 116 cm³/mol. The molecule has 2 atom stereocenters. The fraction of sp³-hybridized carbons (Fsp3) is 1.00. The van der Waals surface area contributed by atoms with E-state index < -0.39 is 6.17 Å². The van der Waals surface area contributed by atoms with Crippen molar-refractivity contribution in [2.24, 2.45) is 0 Å². The molecule has 0 aromatic rings. The number of rotatable bonds is 4. The zero-order chi connectivity index (χ0) is 21.2. The molecule has 0 bridgehead atoms. The third-order valence-electron chi connectivity index (χ3n) is 8.39. The second-order valence-corrected chi connectivity index (χ2v) is 12.1. The number of hydrogen-bond donors (Lipinski definition) is 0. The van der Waals surface area contributed by atoms with Crippen LogP contribution in [0.15, 0.2) is 0 Å². The second kappa shape index (κ2) is 7.13. The third kappa shape index (κ3) is 3.57. The summed E-state index contributed by atoms with van der Waals surface area (Å²) >= 11 is 0. The summed E-state index contributed by atoms with van der Waals surface area (Å²) < 4.78 is 21.3. The molecule has 168 valence electrons. The summed E-state index contributed by atoms with van der Waals surface area (Å²) in [6.07, 6.45) is 1.40. The molecular weight excluding hydrogens is 367 g/mol. The number of ether oxygens (including phenoxy) is 1. The van der Waals surface area contributed by atoms with Gasteiger partial charge in [0.1, 0.15) is 6.17 Å². The van der Waals surface area contributed by atoms with Gasteiger partial charge in [0.2, 0.25) is 0 Å². The van der Waals surface area contributed by atoms with Crippen LogP contribution in [0.1, 0.15) is 54.4 Å². The van der Waals surface area contributed by atoms with E-state index >= 15 is 0 Å². The molecule has 2 spiro atoms. The highest BCUT2D eigenvalue weighted by molar-refractivity contribution is 5.16. The summed E-state index contributed by atoms with van der Waals surface area (Å²) in [4.78, 5) is 9.88. The van der Waals surface area contributed by atoms with E-state index in [0.29, 0.717) is 12.5 Å². The number of hydrogen-bond acceptors (Lipinski definition) is 5. The van der Waals surface area contributed by atoms with E-state index in [1.807, 2.05) is 0 Å². The summed E-state index contributed by atoms with van der Waals surface area (Å²) in [5, 5.41) is 0. The largest absolute Gasteiger partial charge is 0.375 e. The van der Waals surface area contributed by atoms with Crippen molar-refractivity contribution in [2.45, 2.75) is 88.8 Å². The Kier molecular flexibility index (Phi) is 5.39. The number of likely N-dealkylation sites (N-methyl/N-ethyl adjacent to an activating group) is 1. The van der Waals surface area contributed by atoms with Crippen molar-refractivity contribution in [1.82, 2.24) is 19.6 Å². The Bertz CT molecular complexity index is 549. The molecule has 29 heavy (non-hydrogen) atoms. The first-order valence-electron chi connectivity index (χ1n) is 11.6. The molecule has 5 nitrogen and oxygen atoms in total. The Labute approximate surface area is 177 Å². The van der Waals surface area contributed by atoms with Gasteiger partial charge in [-0.05, 0) is 61.4 Å². The van der Waals surface area contributed by atoms with Gasteiger partial charge in [-0.3, -0.25) is 19.6 Å². The van der Waals surface area contributed by atoms with Crippen LogP contribution in [0.4, 0.5) is 4.39 Å². The molecule has 4 rings (SSSR count). The Hall–Kier alpha value is -0.270. The van der Waals surface area contributed by atoms with E-state index in [1.54, 1.807) is 0 Å². The monoisotopic (exact) mass is 410 g/mol. The molecule has 4 heterocycles. The van der Waals surface area contributed by atoms with Crippen LogP contribution in [0, 0.1) is 0 Å². The SMILES string of the molecule is CN1CC[C@H](OCCN2CC[C@H](F)C23CN(C(C)(C)C)C3)C12CN(C(C)(C)C)C2. The van der Waals surface area contributed by atoms with Crippen LogP contribution in [-0.2, 0) is 4.74 Å². The Morgan fingerprint density at radius 2 is 1.41 bits per heavy atom. The van der Waals surface area contributed by atoms with Gasteiger partial charge >= 0.3 is 0 Å². The van der Waals surface area contributed by atoms with Gasteiger partial charge in [0.05, 0.1) is 23.8 Å². The van der Waals surface area contributed by atoms with Gasteiger partial charge in [-0.2, -0.15) is 0 Å². The van der Waals surface area contributed by atoms with Crippen molar-refractivity contribution in [3.05, 3.63) is 0 Å². The molecule has 4 aliphatic rings. The average molecular weight is 411 g/mol.